The number of likely N-dealkylation sites (N-methyl/N-ethyl adjacent to an activating group) is 1. The van der Waals surface area contributed by atoms with Crippen molar-refractivity contribution in [2.75, 3.05) is 26.0 Å². The van der Waals surface area contributed by atoms with Crippen molar-refractivity contribution in [2.45, 2.75) is 45.1 Å². The average Bonchev–Trinajstić information content (AvgIpc) is 2.89. The van der Waals surface area contributed by atoms with Crippen molar-refractivity contribution in [3.8, 4) is 0 Å². The highest BCUT2D eigenvalue weighted by Gasteiger charge is 2.28. The number of ether oxygens (including phenoxy) is 1. The summed E-state index contributed by atoms with van der Waals surface area (Å²) in [4.78, 5) is 37.5. The number of carbonyl (C=O) groups excluding carboxylic acids is 3. The Labute approximate surface area is 151 Å². The molecule has 1 aromatic heterocycles. The maximum Gasteiger partial charge on any atom is 0.341 e. The number of amides is 1. The Morgan fingerprint density at radius 3 is 2.56 bits per heavy atom. The molecule has 1 heterocycles. The molecule has 25 heavy (non-hydrogen) atoms. The van der Waals surface area contributed by atoms with Crippen LogP contribution in [0.4, 0.5) is 5.00 Å². The van der Waals surface area contributed by atoms with Crippen LogP contribution >= 0.6 is 11.3 Å². The molecule has 1 aromatic rings. The maximum absolute atomic E-state index is 12.3. The van der Waals surface area contributed by atoms with Gasteiger partial charge in [0.2, 0.25) is 5.91 Å². The minimum atomic E-state index is -1.27. The van der Waals surface area contributed by atoms with Crippen molar-refractivity contribution in [3.63, 3.8) is 0 Å². The first-order chi connectivity index (χ1) is 11.8. The number of esters is 1. The molecular formula is C17H24N2O5S. The molecule has 0 aromatic carbocycles. The molecule has 1 atom stereocenters. The molecule has 0 radical (unpaired) electrons. The Bertz CT molecular complexity index is 668. The van der Waals surface area contributed by atoms with Crippen LogP contribution in [0.1, 0.15) is 47.0 Å². The van der Waals surface area contributed by atoms with Crippen LogP contribution in [-0.4, -0.2) is 44.6 Å². The number of thiophene rings is 1. The van der Waals surface area contributed by atoms with Gasteiger partial charge in [-0.05, 0) is 38.2 Å². The molecule has 0 aliphatic heterocycles. The fraction of sp³-hybridized carbons (Fsp3) is 0.588. The summed E-state index contributed by atoms with van der Waals surface area (Å²) < 4.78 is 5.14. The van der Waals surface area contributed by atoms with Gasteiger partial charge in [-0.15, -0.1) is 11.3 Å². The Balaban J connectivity index is 2.23. The van der Waals surface area contributed by atoms with Gasteiger partial charge in [0.05, 0.1) is 38.7 Å². The standard InChI is InChI=1S/C17H24N2O5S/c1-4-24-17(23)14-10-7-5-6-8-12(10)25-15(14)18-13(20)9-11(16(21)22)19(2)3/h11H,4-9H2,1-3H3,(H,18,20)(H,21,22)/t11-/m0/s1. The highest BCUT2D eigenvalue weighted by atomic mass is 32.1. The van der Waals surface area contributed by atoms with E-state index in [-0.39, 0.29) is 13.0 Å². The van der Waals surface area contributed by atoms with Crippen LogP contribution < -0.4 is 15.3 Å². The molecule has 1 aliphatic carbocycles. The molecule has 2 rings (SSSR count). The molecule has 0 saturated carbocycles. The number of carboxylic acid groups (broad SMARTS) is 1. The van der Waals surface area contributed by atoms with Crippen molar-refractivity contribution in [3.05, 3.63) is 16.0 Å². The van der Waals surface area contributed by atoms with E-state index >= 15 is 0 Å². The molecule has 0 bridgehead atoms. The van der Waals surface area contributed by atoms with Crippen LogP contribution in [0.15, 0.2) is 0 Å². The average molecular weight is 368 g/mol. The molecule has 2 N–H and O–H groups in total. The summed E-state index contributed by atoms with van der Waals surface area (Å²) >= 11 is 1.39. The van der Waals surface area contributed by atoms with E-state index in [1.54, 1.807) is 21.0 Å². The van der Waals surface area contributed by atoms with Crippen LogP contribution in [0.2, 0.25) is 0 Å². The minimum absolute atomic E-state index is 0.213. The Morgan fingerprint density at radius 1 is 1.28 bits per heavy atom. The Kier molecular flexibility index (Phi) is 6.55. The number of aryl methyl sites for hydroxylation is 1. The zero-order valence-electron chi connectivity index (χ0n) is 14.8. The van der Waals surface area contributed by atoms with Gasteiger partial charge < -0.3 is 24.9 Å². The molecule has 138 valence electrons. The van der Waals surface area contributed by atoms with Gasteiger partial charge in [-0.2, -0.15) is 0 Å². The molecular weight excluding hydrogens is 344 g/mol. The monoisotopic (exact) mass is 368 g/mol. The van der Waals surface area contributed by atoms with Gasteiger partial charge >= 0.3 is 5.97 Å². The molecule has 1 aliphatic rings. The number of anilines is 1. The fourth-order valence-electron chi connectivity index (χ4n) is 2.96. The van der Waals surface area contributed by atoms with E-state index in [1.807, 2.05) is 0 Å². The molecule has 1 amide bonds. The van der Waals surface area contributed by atoms with Crippen LogP contribution in [0.5, 0.6) is 0 Å². The van der Waals surface area contributed by atoms with Crippen LogP contribution in [0.3, 0.4) is 0 Å². The van der Waals surface area contributed by atoms with Crippen LogP contribution in [0.25, 0.3) is 0 Å². The molecule has 0 saturated heterocycles. The van der Waals surface area contributed by atoms with E-state index in [2.05, 4.69) is 5.32 Å². The second-order valence-corrected chi connectivity index (χ2v) is 7.44. The van der Waals surface area contributed by atoms with E-state index in [9.17, 15) is 19.5 Å². The predicted molar refractivity (Wildman–Crippen MR) is 91.8 cm³/mol. The highest BCUT2D eigenvalue weighted by molar-refractivity contribution is 7.17. The minimum Gasteiger partial charge on any atom is -0.544 e. The summed E-state index contributed by atoms with van der Waals surface area (Å²) in [5, 5.41) is 14.3. The number of carbonyl (C=O) groups is 3. The highest BCUT2D eigenvalue weighted by Crippen LogP contribution is 2.38. The van der Waals surface area contributed by atoms with Crippen molar-refractivity contribution >= 4 is 34.2 Å². The molecule has 0 spiro atoms. The normalized spacial score (nSPS) is 14.7. The number of hydrogen-bond acceptors (Lipinski definition) is 6. The van der Waals surface area contributed by atoms with E-state index in [0.29, 0.717) is 15.5 Å². The van der Waals surface area contributed by atoms with Crippen LogP contribution in [-0.2, 0) is 27.2 Å². The van der Waals surface area contributed by atoms with Gasteiger partial charge in [0, 0.05) is 4.88 Å². The SMILES string of the molecule is CCOC(=O)c1c(NC(=O)C[C@@H](C(=O)[O-])[NH+](C)C)sc2c1CCCC2. The number of fused-ring (bicyclic) bond motifs is 1. The van der Waals surface area contributed by atoms with Gasteiger partial charge in [0.25, 0.3) is 0 Å². The first-order valence-corrected chi connectivity index (χ1v) is 9.29. The van der Waals surface area contributed by atoms with Gasteiger partial charge in [-0.1, -0.05) is 0 Å². The zero-order valence-corrected chi connectivity index (χ0v) is 15.6. The van der Waals surface area contributed by atoms with Crippen molar-refractivity contribution in [1.82, 2.24) is 0 Å². The third-order valence-electron chi connectivity index (χ3n) is 4.27. The number of nitrogens with one attached hydrogen (secondary N) is 2. The third-order valence-corrected chi connectivity index (χ3v) is 5.48. The zero-order chi connectivity index (χ0) is 18.6. The second-order valence-electron chi connectivity index (χ2n) is 6.34. The van der Waals surface area contributed by atoms with Crippen molar-refractivity contribution in [2.24, 2.45) is 0 Å². The Hall–Kier alpha value is -1.93. The maximum atomic E-state index is 12.3. The summed E-state index contributed by atoms with van der Waals surface area (Å²) in [5.41, 5.74) is 1.39. The van der Waals surface area contributed by atoms with E-state index < -0.39 is 23.9 Å². The molecule has 7 nitrogen and oxygen atoms in total. The molecule has 0 unspecified atom stereocenters. The summed E-state index contributed by atoms with van der Waals surface area (Å²) in [7, 11) is 3.31. The van der Waals surface area contributed by atoms with Crippen LogP contribution in [0, 0.1) is 0 Å². The largest absolute Gasteiger partial charge is 0.544 e. The van der Waals surface area contributed by atoms with Crippen molar-refractivity contribution in [1.29, 1.82) is 0 Å². The number of carboxylic acids is 1. The lowest BCUT2D eigenvalue weighted by Crippen LogP contribution is -3.12. The second kappa shape index (κ2) is 8.44. The van der Waals surface area contributed by atoms with Crippen molar-refractivity contribution < 1.29 is 29.1 Å². The van der Waals surface area contributed by atoms with E-state index in [4.69, 9.17) is 4.74 Å². The first kappa shape index (κ1) is 19.4. The van der Waals surface area contributed by atoms with E-state index in [0.717, 1.165) is 36.1 Å². The summed E-state index contributed by atoms with van der Waals surface area (Å²) in [5.74, 6) is -2.15. The van der Waals surface area contributed by atoms with Gasteiger partial charge in [0.15, 0.2) is 0 Å². The first-order valence-electron chi connectivity index (χ1n) is 8.47. The smallest absolute Gasteiger partial charge is 0.341 e. The van der Waals surface area contributed by atoms with Gasteiger partial charge in [-0.3, -0.25) is 4.79 Å². The van der Waals surface area contributed by atoms with E-state index in [1.165, 1.54) is 11.3 Å². The number of rotatable bonds is 7. The summed E-state index contributed by atoms with van der Waals surface area (Å²) in [6.45, 7) is 1.99. The molecule has 0 fully saturated rings. The van der Waals surface area contributed by atoms with Gasteiger partial charge in [0.1, 0.15) is 11.0 Å². The number of quaternary nitrogens is 1. The van der Waals surface area contributed by atoms with Gasteiger partial charge in [-0.25, -0.2) is 4.79 Å². The lowest BCUT2D eigenvalue weighted by atomic mass is 9.95. The fourth-order valence-corrected chi connectivity index (χ4v) is 4.25. The molecule has 8 heteroatoms. The lowest BCUT2D eigenvalue weighted by Gasteiger charge is -2.21. The summed E-state index contributed by atoms with van der Waals surface area (Å²) in [6, 6.07) is -0.944. The Morgan fingerprint density at radius 2 is 1.96 bits per heavy atom. The number of aliphatic carboxylic acids is 1. The third kappa shape index (κ3) is 4.58. The predicted octanol–water partition coefficient (Wildman–Crippen LogP) is -0.605. The quantitative estimate of drug-likeness (QED) is 0.626. The number of hydrogen-bond donors (Lipinski definition) is 2. The lowest BCUT2D eigenvalue weighted by molar-refractivity contribution is -0.878. The summed E-state index contributed by atoms with van der Waals surface area (Å²) in [6.07, 6.45) is 3.51. The topological polar surface area (TPSA) is 100.0 Å².